The summed E-state index contributed by atoms with van der Waals surface area (Å²) in [6.45, 7) is 2.09. The average molecular weight is 393 g/mol. The maximum atomic E-state index is 12.9. The van der Waals surface area contributed by atoms with Crippen LogP contribution in [0.2, 0.25) is 0 Å². The zero-order valence-electron chi connectivity index (χ0n) is 13.1. The normalized spacial score (nSPS) is 15.3. The van der Waals surface area contributed by atoms with E-state index in [1.54, 1.807) is 0 Å². The van der Waals surface area contributed by atoms with Gasteiger partial charge in [0.15, 0.2) is 0 Å². The van der Waals surface area contributed by atoms with Gasteiger partial charge in [-0.3, -0.25) is 4.90 Å². The van der Waals surface area contributed by atoms with E-state index in [0.29, 0.717) is 31.0 Å². The van der Waals surface area contributed by atoms with Crippen molar-refractivity contribution in [3.05, 3.63) is 29.3 Å². The lowest BCUT2D eigenvalue weighted by molar-refractivity contribution is -0.376. The van der Waals surface area contributed by atoms with E-state index in [0.717, 1.165) is 6.07 Å². The molecule has 0 radical (unpaired) electrons. The minimum absolute atomic E-state index is 0. The predicted molar refractivity (Wildman–Crippen MR) is 81.1 cm³/mol. The number of aryl methyl sites for hydroxylation is 1. The number of aliphatic hydroxyl groups is 1. The van der Waals surface area contributed by atoms with E-state index in [9.17, 15) is 31.4 Å². The Morgan fingerprint density at radius 1 is 1.12 bits per heavy atom. The van der Waals surface area contributed by atoms with Crippen LogP contribution in [0.5, 0.6) is 0 Å². The molecule has 0 amide bonds. The van der Waals surface area contributed by atoms with Gasteiger partial charge < -0.3 is 9.84 Å². The quantitative estimate of drug-likeness (QED) is 0.783. The molecule has 0 saturated heterocycles. The van der Waals surface area contributed by atoms with E-state index in [1.807, 2.05) is 0 Å². The topological polar surface area (TPSA) is 45.1 Å². The van der Waals surface area contributed by atoms with Gasteiger partial charge in [-0.05, 0) is 18.6 Å². The van der Waals surface area contributed by atoms with Crippen molar-refractivity contribution in [2.75, 3.05) is 25.1 Å². The molecule has 25 heavy (non-hydrogen) atoms. The summed E-state index contributed by atoms with van der Waals surface area (Å²) >= 11 is 0. The fourth-order valence-corrected chi connectivity index (χ4v) is 2.37. The van der Waals surface area contributed by atoms with Gasteiger partial charge in [-0.25, -0.2) is 4.99 Å². The Morgan fingerprint density at radius 2 is 1.68 bits per heavy atom. The maximum absolute atomic E-state index is 12.9. The van der Waals surface area contributed by atoms with Gasteiger partial charge in [0.2, 0.25) is 0 Å². The van der Waals surface area contributed by atoms with Gasteiger partial charge in [-0.15, -0.1) is 12.4 Å². The Bertz CT molecular complexity index is 646. The molecule has 1 N–H and O–H groups in total. The monoisotopic (exact) mass is 392 g/mol. The van der Waals surface area contributed by atoms with Crippen LogP contribution in [0, 0.1) is 6.92 Å². The summed E-state index contributed by atoms with van der Waals surface area (Å²) in [6.07, 6.45) is -11.8. The van der Waals surface area contributed by atoms with Crippen LogP contribution >= 0.6 is 12.4 Å². The second-order valence-electron chi connectivity index (χ2n) is 5.28. The van der Waals surface area contributed by atoms with Crippen LogP contribution in [0.25, 0.3) is 0 Å². The van der Waals surface area contributed by atoms with Crippen molar-refractivity contribution in [3.63, 3.8) is 0 Å². The summed E-state index contributed by atoms with van der Waals surface area (Å²) < 4.78 is 82.6. The maximum Gasteiger partial charge on any atom is 0.430 e. The van der Waals surface area contributed by atoms with E-state index < -0.39 is 23.5 Å². The van der Waals surface area contributed by atoms with Crippen LogP contribution in [0.1, 0.15) is 11.1 Å². The second-order valence-corrected chi connectivity index (χ2v) is 5.28. The molecule has 142 valence electrons. The van der Waals surface area contributed by atoms with E-state index in [-0.39, 0.29) is 24.0 Å². The molecule has 0 atom stereocenters. The molecule has 0 bridgehead atoms. The number of hydrogen-bond donors (Lipinski definition) is 1. The van der Waals surface area contributed by atoms with Crippen LogP contribution in [-0.4, -0.2) is 43.7 Å². The molecule has 0 unspecified atom stereocenters. The molecule has 0 saturated carbocycles. The van der Waals surface area contributed by atoms with Crippen molar-refractivity contribution in [1.29, 1.82) is 0 Å². The molecule has 0 aliphatic carbocycles. The predicted octanol–water partition coefficient (Wildman–Crippen LogP) is 3.55. The second kappa shape index (κ2) is 6.91. The fraction of sp³-hybridized carbons (Fsp3) is 0.500. The molecule has 1 heterocycles. The first-order chi connectivity index (χ1) is 10.9. The number of benzene rings is 1. The van der Waals surface area contributed by atoms with Crippen molar-refractivity contribution in [2.24, 2.45) is 4.99 Å². The summed E-state index contributed by atoms with van der Waals surface area (Å²) in [5, 5.41) is 9.41. The third-order valence-electron chi connectivity index (χ3n) is 3.65. The molecule has 1 aliphatic heterocycles. The highest BCUT2D eigenvalue weighted by Crippen LogP contribution is 2.50. The molecule has 1 aromatic rings. The van der Waals surface area contributed by atoms with Crippen LogP contribution in [-0.2, 0) is 10.3 Å². The van der Waals surface area contributed by atoms with Gasteiger partial charge >= 0.3 is 12.4 Å². The molecule has 11 heteroatoms. The van der Waals surface area contributed by atoms with Crippen LogP contribution in [0.3, 0.4) is 0 Å². The third kappa shape index (κ3) is 3.64. The van der Waals surface area contributed by atoms with Gasteiger partial charge in [-0.1, -0.05) is 12.1 Å². The summed E-state index contributed by atoms with van der Waals surface area (Å²) in [5.74, 6) is 0. The van der Waals surface area contributed by atoms with E-state index in [2.05, 4.69) is 4.99 Å². The van der Waals surface area contributed by atoms with Crippen molar-refractivity contribution in [1.82, 2.24) is 0 Å². The largest absolute Gasteiger partial charge is 0.463 e. The first-order valence-corrected chi connectivity index (χ1v) is 6.77. The highest BCUT2D eigenvalue weighted by molar-refractivity contribution is 5.92. The number of anilines is 1. The van der Waals surface area contributed by atoms with Crippen LogP contribution in [0.4, 0.5) is 32.0 Å². The lowest BCUT2D eigenvalue weighted by Gasteiger charge is -2.33. The van der Waals surface area contributed by atoms with E-state index in [4.69, 9.17) is 4.74 Å². The van der Waals surface area contributed by atoms with E-state index >= 15 is 0 Å². The van der Waals surface area contributed by atoms with Crippen molar-refractivity contribution < 1.29 is 36.2 Å². The molecule has 0 spiro atoms. The van der Waals surface area contributed by atoms with Crippen molar-refractivity contribution in [3.8, 4) is 0 Å². The van der Waals surface area contributed by atoms with Gasteiger partial charge in [0, 0.05) is 18.3 Å². The molecule has 2 rings (SSSR count). The molecule has 0 aromatic heterocycles. The van der Waals surface area contributed by atoms with Gasteiger partial charge in [0.05, 0.1) is 6.54 Å². The molecular weight excluding hydrogens is 378 g/mol. The number of halogens is 7. The van der Waals surface area contributed by atoms with Crippen molar-refractivity contribution >= 4 is 24.1 Å². The van der Waals surface area contributed by atoms with Gasteiger partial charge in [0.25, 0.3) is 11.6 Å². The Balaban J connectivity index is 0.00000312. The van der Waals surface area contributed by atoms with Crippen LogP contribution < -0.4 is 4.90 Å². The minimum atomic E-state index is -5.91. The Labute approximate surface area is 145 Å². The van der Waals surface area contributed by atoms with Gasteiger partial charge in [0.1, 0.15) is 6.61 Å². The number of nitrogens with zero attached hydrogens (tertiary/aromatic N) is 2. The SMILES string of the molecule is Cc1cc(C(O)(C(F)(F)F)C(F)(F)F)ccc1N(C)C1=NCCO1.Cl. The van der Waals surface area contributed by atoms with Gasteiger partial charge in [-0.2, -0.15) is 26.3 Å². The number of rotatable bonds is 2. The lowest BCUT2D eigenvalue weighted by atomic mass is 9.90. The summed E-state index contributed by atoms with van der Waals surface area (Å²) in [4.78, 5) is 5.42. The standard InChI is InChI=1S/C14H14F6N2O2.ClH/c1-8-7-9(12(23,13(15,16)17)14(18,19)20)3-4-10(8)22(2)11-21-5-6-24-11;/h3-4,7,23H,5-6H2,1-2H3;1H. The molecule has 1 aromatic carbocycles. The first kappa shape index (κ1) is 21.4. The number of ether oxygens (including phenoxy) is 1. The summed E-state index contributed by atoms with van der Waals surface area (Å²) in [5.41, 5.74) is -5.83. The third-order valence-corrected chi connectivity index (χ3v) is 3.65. The Hall–Kier alpha value is -1.68. The zero-order valence-corrected chi connectivity index (χ0v) is 13.9. The molecular formula is C14H15ClF6N2O2. The zero-order chi connectivity index (χ0) is 18.3. The van der Waals surface area contributed by atoms with Crippen molar-refractivity contribution in [2.45, 2.75) is 24.9 Å². The number of alkyl halides is 6. The average Bonchev–Trinajstić information content (AvgIpc) is 2.97. The van der Waals surface area contributed by atoms with Crippen LogP contribution in [0.15, 0.2) is 23.2 Å². The summed E-state index contributed by atoms with van der Waals surface area (Å²) in [6, 6.07) is 2.52. The lowest BCUT2D eigenvalue weighted by Crippen LogP contribution is -2.54. The Morgan fingerprint density at radius 3 is 2.08 bits per heavy atom. The summed E-state index contributed by atoms with van der Waals surface area (Å²) in [7, 11) is 1.52. The highest BCUT2D eigenvalue weighted by Gasteiger charge is 2.71. The fourth-order valence-electron chi connectivity index (χ4n) is 2.37. The number of aliphatic imine (C=N–C) groups is 1. The molecule has 0 fully saturated rings. The molecule has 4 nitrogen and oxygen atoms in total. The number of hydrogen-bond acceptors (Lipinski definition) is 4. The highest BCUT2D eigenvalue weighted by atomic mass is 35.5. The smallest absolute Gasteiger partial charge is 0.430 e. The Kier molecular flexibility index (Phi) is 5.90. The van der Waals surface area contributed by atoms with E-state index in [1.165, 1.54) is 18.9 Å². The molecule has 1 aliphatic rings. The first-order valence-electron chi connectivity index (χ1n) is 6.77. The number of amidine groups is 1. The minimum Gasteiger partial charge on any atom is -0.463 e.